The van der Waals surface area contributed by atoms with Gasteiger partial charge in [-0.05, 0) is 70.2 Å². The van der Waals surface area contributed by atoms with E-state index in [0.29, 0.717) is 30.6 Å². The Morgan fingerprint density at radius 3 is 2.71 bits per heavy atom. The molecule has 0 aliphatic carbocycles. The maximum atomic E-state index is 14.0. The number of likely N-dealkylation sites (N-methyl/N-ethyl adjacent to an activating group) is 1. The number of pyridine rings is 1. The normalized spacial score (nSPS) is 20.6. The van der Waals surface area contributed by atoms with Crippen molar-refractivity contribution >= 4 is 18.1 Å². The molecule has 0 saturated carbocycles. The van der Waals surface area contributed by atoms with Gasteiger partial charge in [-0.25, -0.2) is 10.8 Å². The third-order valence-corrected chi connectivity index (χ3v) is 7.12. The van der Waals surface area contributed by atoms with Crippen LogP contribution in [0, 0.1) is 11.3 Å². The number of hydrogen-bond acceptors (Lipinski definition) is 7. The number of halogens is 3. The molecule has 35 heavy (non-hydrogen) atoms. The minimum absolute atomic E-state index is 0.0519. The molecule has 7 nitrogen and oxygen atoms in total. The molecule has 1 aromatic carbocycles. The van der Waals surface area contributed by atoms with E-state index in [1.807, 2.05) is 6.07 Å². The van der Waals surface area contributed by atoms with Gasteiger partial charge in [0.25, 0.3) is 0 Å². The number of hydrazine groups is 1. The van der Waals surface area contributed by atoms with E-state index in [1.54, 1.807) is 13.1 Å². The summed E-state index contributed by atoms with van der Waals surface area (Å²) in [6.07, 6.45) is -1.18. The van der Waals surface area contributed by atoms with Gasteiger partial charge in [0.2, 0.25) is 0 Å². The van der Waals surface area contributed by atoms with Gasteiger partial charge in [-0.15, -0.1) is 0 Å². The number of hydrogen-bond donors (Lipinski definition) is 1. The van der Waals surface area contributed by atoms with E-state index < -0.39 is 11.7 Å². The Balaban J connectivity index is 1.58. The number of alkyl halides is 3. The fourth-order valence-corrected chi connectivity index (χ4v) is 5.29. The van der Waals surface area contributed by atoms with Crippen LogP contribution in [0.2, 0.25) is 0 Å². The summed E-state index contributed by atoms with van der Waals surface area (Å²) in [7, 11) is 3.68. The Bertz CT molecular complexity index is 1140. The summed E-state index contributed by atoms with van der Waals surface area (Å²) in [6.45, 7) is 6.29. The molecule has 2 unspecified atom stereocenters. The van der Waals surface area contributed by atoms with Crippen molar-refractivity contribution in [3.63, 3.8) is 0 Å². The molecule has 0 radical (unpaired) electrons. The maximum absolute atomic E-state index is 14.0. The van der Waals surface area contributed by atoms with Gasteiger partial charge in [0.1, 0.15) is 11.8 Å². The summed E-state index contributed by atoms with van der Waals surface area (Å²) in [5, 5.41) is 10.7. The third kappa shape index (κ3) is 5.03. The number of anilines is 1. The Kier molecular flexibility index (Phi) is 7.12. The van der Waals surface area contributed by atoms with Crippen LogP contribution in [-0.2, 0) is 12.6 Å². The van der Waals surface area contributed by atoms with Crippen molar-refractivity contribution in [3.05, 3.63) is 41.1 Å². The molecule has 2 N–H and O–H groups in total. The number of piperidine rings is 1. The second-order valence-corrected chi connectivity index (χ2v) is 9.33. The van der Waals surface area contributed by atoms with Gasteiger partial charge in [-0.1, -0.05) is 12.1 Å². The molecule has 1 aromatic heterocycles. The number of likely N-dealkylation sites (tertiary alicyclic amines) is 2. The van der Waals surface area contributed by atoms with Crippen LogP contribution in [0.3, 0.4) is 0 Å². The standard InChI is InChI=1S/C25H30F3N7/c1-31-24-20(14-29)32-19(13-22(24)34(3)30)17-9-8-16(18(12-17)25(26,27)28)6-4-10-35-11-5-7-21-23(35)15-33(21)2/h8-9,12-13,21,23H,1,4-7,10-11,15,30H2,2-3H3. The van der Waals surface area contributed by atoms with Gasteiger partial charge in [0.15, 0.2) is 5.69 Å². The molecular formula is C25H30F3N7. The second-order valence-electron chi connectivity index (χ2n) is 9.33. The fraction of sp³-hybridized carbons (Fsp3) is 0.480. The lowest BCUT2D eigenvalue weighted by Gasteiger charge is -2.54. The molecule has 186 valence electrons. The van der Waals surface area contributed by atoms with Gasteiger partial charge < -0.3 is 9.91 Å². The van der Waals surface area contributed by atoms with Crippen molar-refractivity contribution in [2.45, 2.75) is 43.9 Å². The van der Waals surface area contributed by atoms with Crippen LogP contribution in [0.1, 0.15) is 36.1 Å². The number of aryl methyl sites for hydroxylation is 1. The highest BCUT2D eigenvalue weighted by Gasteiger charge is 2.42. The average Bonchev–Trinajstić information content (AvgIpc) is 2.82. The summed E-state index contributed by atoms with van der Waals surface area (Å²) >= 11 is 0. The highest BCUT2D eigenvalue weighted by atomic mass is 19.4. The number of fused-ring (bicyclic) bond motifs is 1. The van der Waals surface area contributed by atoms with Crippen molar-refractivity contribution in [2.24, 2.45) is 10.8 Å². The van der Waals surface area contributed by atoms with Gasteiger partial charge in [-0.3, -0.25) is 9.89 Å². The Labute approximate surface area is 203 Å². The zero-order valence-electron chi connectivity index (χ0n) is 20.0. The lowest BCUT2D eigenvalue weighted by Crippen LogP contribution is -2.67. The first kappa shape index (κ1) is 25.1. The highest BCUT2D eigenvalue weighted by molar-refractivity contribution is 5.78. The van der Waals surface area contributed by atoms with Crippen LogP contribution >= 0.6 is 0 Å². The minimum atomic E-state index is -4.51. The second kappa shape index (κ2) is 9.93. The number of nitrogens with zero attached hydrogens (tertiary/aromatic N) is 6. The first-order valence-electron chi connectivity index (χ1n) is 11.7. The molecule has 3 heterocycles. The minimum Gasteiger partial charge on any atom is -0.312 e. The van der Waals surface area contributed by atoms with Crippen LogP contribution in [0.25, 0.3) is 11.3 Å². The molecular weight excluding hydrogens is 455 g/mol. The number of aromatic nitrogens is 1. The fourth-order valence-electron chi connectivity index (χ4n) is 5.29. The predicted octanol–water partition coefficient (Wildman–Crippen LogP) is 3.99. The highest BCUT2D eigenvalue weighted by Crippen LogP contribution is 2.38. The number of nitrogens with two attached hydrogens (primary N) is 1. The Morgan fingerprint density at radius 1 is 1.31 bits per heavy atom. The van der Waals surface area contributed by atoms with E-state index >= 15 is 0 Å². The van der Waals surface area contributed by atoms with Crippen LogP contribution in [0.5, 0.6) is 0 Å². The predicted molar refractivity (Wildman–Crippen MR) is 131 cm³/mol. The Hall–Kier alpha value is -3.00. The van der Waals surface area contributed by atoms with Gasteiger partial charge in [-0.2, -0.15) is 18.4 Å². The van der Waals surface area contributed by atoms with Crippen LogP contribution in [0.15, 0.2) is 29.3 Å². The SMILES string of the molecule is C=Nc1c(N(C)N)cc(-c2ccc(CCCN3CCCC4C3CN4C)c(C(F)(F)F)c2)nc1C#N. The summed E-state index contributed by atoms with van der Waals surface area (Å²) < 4.78 is 42.1. The summed E-state index contributed by atoms with van der Waals surface area (Å²) in [6, 6.07) is 8.80. The molecule has 2 aromatic rings. The molecule has 2 aliphatic heterocycles. The number of benzene rings is 1. The topological polar surface area (TPSA) is 84.8 Å². The molecule has 2 fully saturated rings. The first-order chi connectivity index (χ1) is 16.6. The number of nitriles is 1. The van der Waals surface area contributed by atoms with E-state index in [9.17, 15) is 18.4 Å². The third-order valence-electron chi connectivity index (χ3n) is 7.12. The first-order valence-corrected chi connectivity index (χ1v) is 11.7. The molecule has 0 bridgehead atoms. The quantitative estimate of drug-likeness (QED) is 0.363. The lowest BCUT2D eigenvalue weighted by molar-refractivity contribution is -0.138. The largest absolute Gasteiger partial charge is 0.416 e. The van der Waals surface area contributed by atoms with Crippen LogP contribution in [-0.4, -0.2) is 67.3 Å². The molecule has 0 amide bonds. The molecule has 4 rings (SSSR count). The van der Waals surface area contributed by atoms with E-state index in [0.717, 1.165) is 32.1 Å². The summed E-state index contributed by atoms with van der Waals surface area (Å²) in [5.74, 6) is 5.85. The number of rotatable bonds is 7. The van der Waals surface area contributed by atoms with Gasteiger partial charge in [0, 0.05) is 31.2 Å². The monoisotopic (exact) mass is 485 g/mol. The lowest BCUT2D eigenvalue weighted by atomic mass is 9.87. The van der Waals surface area contributed by atoms with Gasteiger partial charge in [0.05, 0.1) is 16.9 Å². The van der Waals surface area contributed by atoms with Crippen LogP contribution in [0.4, 0.5) is 24.5 Å². The zero-order valence-corrected chi connectivity index (χ0v) is 20.0. The average molecular weight is 486 g/mol. The summed E-state index contributed by atoms with van der Waals surface area (Å²) in [5.41, 5.74) is 0.542. The molecule has 2 saturated heterocycles. The smallest absolute Gasteiger partial charge is 0.312 e. The zero-order chi connectivity index (χ0) is 25.3. The van der Waals surface area contributed by atoms with E-state index in [2.05, 4.69) is 33.5 Å². The maximum Gasteiger partial charge on any atom is 0.416 e. The van der Waals surface area contributed by atoms with E-state index in [1.165, 1.54) is 23.6 Å². The molecule has 0 spiro atoms. The van der Waals surface area contributed by atoms with Crippen molar-refractivity contribution in [3.8, 4) is 17.3 Å². The van der Waals surface area contributed by atoms with Crippen LogP contribution < -0.4 is 10.9 Å². The van der Waals surface area contributed by atoms with Crippen molar-refractivity contribution in [1.82, 2.24) is 14.8 Å². The van der Waals surface area contributed by atoms with Crippen molar-refractivity contribution in [2.75, 3.05) is 38.7 Å². The molecule has 2 atom stereocenters. The Morgan fingerprint density at radius 2 is 2.09 bits per heavy atom. The van der Waals surface area contributed by atoms with Gasteiger partial charge >= 0.3 is 6.18 Å². The van der Waals surface area contributed by atoms with Crippen molar-refractivity contribution < 1.29 is 13.2 Å². The number of aliphatic imine (C=N–C) groups is 1. The molecule has 2 aliphatic rings. The van der Waals surface area contributed by atoms with E-state index in [4.69, 9.17) is 5.84 Å². The van der Waals surface area contributed by atoms with E-state index in [-0.39, 0.29) is 28.2 Å². The van der Waals surface area contributed by atoms with Crippen molar-refractivity contribution in [1.29, 1.82) is 5.26 Å². The summed E-state index contributed by atoms with van der Waals surface area (Å²) in [4.78, 5) is 12.8. The molecule has 10 heteroatoms.